The van der Waals surface area contributed by atoms with Gasteiger partial charge in [0.2, 0.25) is 5.91 Å². The maximum absolute atomic E-state index is 13.0. The smallest absolute Gasteiger partial charge is 0.232 e. The predicted octanol–water partition coefficient (Wildman–Crippen LogP) is 3.19. The van der Waals surface area contributed by atoms with Gasteiger partial charge in [-0.25, -0.2) is 4.98 Å². The highest BCUT2D eigenvalue weighted by Gasteiger charge is 2.67. The number of hydrogen-bond acceptors (Lipinski definition) is 4. The highest BCUT2D eigenvalue weighted by atomic mass is 32.1. The molecule has 0 spiro atoms. The van der Waals surface area contributed by atoms with Crippen molar-refractivity contribution in [2.45, 2.75) is 32.2 Å². The van der Waals surface area contributed by atoms with Crippen LogP contribution in [0.5, 0.6) is 0 Å². The molecule has 23 heavy (non-hydrogen) atoms. The maximum atomic E-state index is 13.0. The Kier molecular flexibility index (Phi) is 3.92. The van der Waals surface area contributed by atoms with Crippen LogP contribution in [0.1, 0.15) is 30.7 Å². The van der Waals surface area contributed by atoms with Crippen molar-refractivity contribution >= 4 is 23.1 Å². The minimum Gasteiger partial charge on any atom is -0.362 e. The topological polar surface area (TPSA) is 45.2 Å². The van der Waals surface area contributed by atoms with E-state index in [2.05, 4.69) is 30.2 Å². The van der Waals surface area contributed by atoms with E-state index in [0.717, 1.165) is 17.8 Å². The van der Waals surface area contributed by atoms with Crippen LogP contribution in [-0.4, -0.2) is 25.0 Å². The summed E-state index contributed by atoms with van der Waals surface area (Å²) in [5, 5.41) is 5.19. The maximum Gasteiger partial charge on any atom is 0.232 e. The van der Waals surface area contributed by atoms with Crippen LogP contribution in [0.15, 0.2) is 35.8 Å². The van der Waals surface area contributed by atoms with Gasteiger partial charge in [-0.1, -0.05) is 26.0 Å². The fourth-order valence-corrected chi connectivity index (χ4v) is 4.46. The summed E-state index contributed by atoms with van der Waals surface area (Å²) in [5.41, 5.74) is 0.675. The van der Waals surface area contributed by atoms with Crippen LogP contribution in [0, 0.1) is 5.41 Å². The summed E-state index contributed by atoms with van der Waals surface area (Å²) in [5.74, 6) is 1.02. The Hall–Kier alpha value is -1.88. The van der Waals surface area contributed by atoms with Crippen molar-refractivity contribution in [1.82, 2.24) is 10.3 Å². The zero-order valence-corrected chi connectivity index (χ0v) is 14.9. The Balaban J connectivity index is 1.78. The van der Waals surface area contributed by atoms with Crippen molar-refractivity contribution in [1.29, 1.82) is 0 Å². The molecule has 0 saturated heterocycles. The first kappa shape index (κ1) is 16.0. The van der Waals surface area contributed by atoms with Crippen molar-refractivity contribution in [3.63, 3.8) is 0 Å². The summed E-state index contributed by atoms with van der Waals surface area (Å²) in [6, 6.07) is 8.02. The molecule has 3 rings (SSSR count). The molecule has 1 aliphatic carbocycles. The van der Waals surface area contributed by atoms with E-state index in [4.69, 9.17) is 0 Å². The van der Waals surface area contributed by atoms with Gasteiger partial charge in [0.15, 0.2) is 0 Å². The SMILES string of the molecule is CN(C)c1ncccc1CNC(=O)[C@@]1(c2cccs2)CC1(C)C. The molecule has 1 atom stereocenters. The third-order valence-corrected chi connectivity index (χ3v) is 5.83. The van der Waals surface area contributed by atoms with Crippen LogP contribution in [0.3, 0.4) is 0 Å². The van der Waals surface area contributed by atoms with Gasteiger partial charge in [-0.3, -0.25) is 4.79 Å². The quantitative estimate of drug-likeness (QED) is 0.916. The fourth-order valence-electron chi connectivity index (χ4n) is 3.36. The lowest BCUT2D eigenvalue weighted by molar-refractivity contribution is -0.124. The number of amides is 1. The van der Waals surface area contributed by atoms with E-state index in [1.165, 1.54) is 4.88 Å². The summed E-state index contributed by atoms with van der Waals surface area (Å²) in [6.07, 6.45) is 2.68. The van der Waals surface area contributed by atoms with Crippen LogP contribution in [0.2, 0.25) is 0 Å². The molecule has 0 bridgehead atoms. The molecule has 122 valence electrons. The first-order valence-electron chi connectivity index (χ1n) is 7.82. The molecule has 2 heterocycles. The number of aromatic nitrogens is 1. The molecule has 1 saturated carbocycles. The molecule has 4 nitrogen and oxygen atoms in total. The lowest BCUT2D eigenvalue weighted by Gasteiger charge is -2.20. The number of thiophene rings is 1. The molecule has 0 radical (unpaired) electrons. The molecule has 2 aromatic heterocycles. The Labute approximate surface area is 141 Å². The second-order valence-corrected chi connectivity index (χ2v) is 7.95. The van der Waals surface area contributed by atoms with Gasteiger partial charge >= 0.3 is 0 Å². The van der Waals surface area contributed by atoms with Crippen LogP contribution < -0.4 is 10.2 Å². The van der Waals surface area contributed by atoms with Crippen molar-refractivity contribution in [3.8, 4) is 0 Å². The Bertz CT molecular complexity index is 709. The molecule has 1 aliphatic rings. The lowest BCUT2D eigenvalue weighted by Crippen LogP contribution is -2.37. The minimum atomic E-state index is -0.373. The third-order valence-electron chi connectivity index (χ3n) is 4.80. The van der Waals surface area contributed by atoms with Gasteiger partial charge in [-0.05, 0) is 29.3 Å². The van der Waals surface area contributed by atoms with Crippen LogP contribution in [0.25, 0.3) is 0 Å². The van der Waals surface area contributed by atoms with Gasteiger partial charge in [0.1, 0.15) is 5.82 Å². The van der Waals surface area contributed by atoms with Crippen molar-refractivity contribution in [3.05, 3.63) is 46.3 Å². The summed E-state index contributed by atoms with van der Waals surface area (Å²) < 4.78 is 0. The van der Waals surface area contributed by atoms with E-state index >= 15 is 0 Å². The van der Waals surface area contributed by atoms with Gasteiger partial charge in [-0.15, -0.1) is 11.3 Å². The van der Waals surface area contributed by atoms with Crippen molar-refractivity contribution < 1.29 is 4.79 Å². The zero-order chi connectivity index (χ0) is 16.7. The lowest BCUT2D eigenvalue weighted by atomic mass is 9.93. The van der Waals surface area contributed by atoms with E-state index < -0.39 is 0 Å². The molecule has 0 unspecified atom stereocenters. The number of hydrogen-bond donors (Lipinski definition) is 1. The average Bonchev–Trinajstić information content (AvgIpc) is 2.91. The fraction of sp³-hybridized carbons (Fsp3) is 0.444. The third kappa shape index (κ3) is 2.63. The standard InChI is InChI=1S/C18H23N3OS/c1-17(2)12-18(17,14-8-6-10-23-14)16(22)20-11-13-7-5-9-19-15(13)21(3)4/h5-10H,11-12H2,1-4H3,(H,20,22)/t18-/m0/s1. The van der Waals surface area contributed by atoms with Crippen LogP contribution in [-0.2, 0) is 16.8 Å². The molecule has 1 amide bonds. The zero-order valence-electron chi connectivity index (χ0n) is 14.1. The van der Waals surface area contributed by atoms with E-state index in [1.807, 2.05) is 42.6 Å². The van der Waals surface area contributed by atoms with Crippen molar-refractivity contribution in [2.75, 3.05) is 19.0 Å². The summed E-state index contributed by atoms with van der Waals surface area (Å²) in [6.45, 7) is 4.84. The Morgan fingerprint density at radius 1 is 1.35 bits per heavy atom. The van der Waals surface area contributed by atoms with Gasteiger partial charge in [0.25, 0.3) is 0 Å². The number of carbonyl (C=O) groups is 1. The van der Waals surface area contributed by atoms with E-state index in [0.29, 0.717) is 6.54 Å². The summed E-state index contributed by atoms with van der Waals surface area (Å²) in [4.78, 5) is 20.5. The number of nitrogens with zero attached hydrogens (tertiary/aromatic N) is 2. The van der Waals surface area contributed by atoms with E-state index in [9.17, 15) is 4.79 Å². The number of pyridine rings is 1. The summed E-state index contributed by atoms with van der Waals surface area (Å²) >= 11 is 1.67. The average molecular weight is 329 g/mol. The second-order valence-electron chi connectivity index (χ2n) is 7.01. The predicted molar refractivity (Wildman–Crippen MR) is 94.8 cm³/mol. The van der Waals surface area contributed by atoms with E-state index in [-0.39, 0.29) is 16.7 Å². The monoisotopic (exact) mass is 329 g/mol. The van der Waals surface area contributed by atoms with Gasteiger partial charge < -0.3 is 10.2 Å². The normalized spacial score (nSPS) is 21.7. The van der Waals surface area contributed by atoms with Crippen LogP contribution in [0.4, 0.5) is 5.82 Å². The van der Waals surface area contributed by atoms with Crippen LogP contribution >= 0.6 is 11.3 Å². The largest absolute Gasteiger partial charge is 0.362 e. The number of nitrogens with one attached hydrogen (secondary N) is 1. The number of anilines is 1. The first-order chi connectivity index (χ1) is 10.9. The second kappa shape index (κ2) is 5.64. The van der Waals surface area contributed by atoms with Gasteiger partial charge in [0, 0.05) is 37.3 Å². The molecular formula is C18H23N3OS. The molecule has 0 aliphatic heterocycles. The van der Waals surface area contributed by atoms with Gasteiger partial charge in [-0.2, -0.15) is 0 Å². The van der Waals surface area contributed by atoms with Crippen molar-refractivity contribution in [2.24, 2.45) is 5.41 Å². The minimum absolute atomic E-state index is 0.0151. The molecule has 1 fully saturated rings. The Morgan fingerprint density at radius 2 is 2.09 bits per heavy atom. The molecule has 5 heteroatoms. The molecular weight excluding hydrogens is 306 g/mol. The first-order valence-corrected chi connectivity index (χ1v) is 8.70. The molecule has 2 aromatic rings. The highest BCUT2D eigenvalue weighted by Crippen LogP contribution is 2.65. The Morgan fingerprint density at radius 3 is 2.65 bits per heavy atom. The summed E-state index contributed by atoms with van der Waals surface area (Å²) in [7, 11) is 3.93. The van der Waals surface area contributed by atoms with E-state index in [1.54, 1.807) is 17.5 Å². The number of carbonyl (C=O) groups excluding carboxylic acids is 1. The number of rotatable bonds is 5. The molecule has 0 aromatic carbocycles. The van der Waals surface area contributed by atoms with Gasteiger partial charge in [0.05, 0.1) is 5.41 Å². The molecule has 1 N–H and O–H groups in total. The highest BCUT2D eigenvalue weighted by molar-refractivity contribution is 7.10.